The van der Waals surface area contributed by atoms with Crippen molar-refractivity contribution in [3.63, 3.8) is 0 Å². The van der Waals surface area contributed by atoms with Crippen molar-refractivity contribution in [3.05, 3.63) is 0 Å². The number of hydrogen-bond acceptors (Lipinski definition) is 2. The van der Waals surface area contributed by atoms with Crippen molar-refractivity contribution in [3.8, 4) is 0 Å². The fourth-order valence-corrected chi connectivity index (χ4v) is 1.81. The van der Waals surface area contributed by atoms with Gasteiger partial charge in [0.25, 0.3) is 0 Å². The summed E-state index contributed by atoms with van der Waals surface area (Å²) < 4.78 is 0. The zero-order valence-corrected chi connectivity index (χ0v) is 7.77. The summed E-state index contributed by atoms with van der Waals surface area (Å²) in [6.45, 7) is 9.39. The number of likely N-dealkylation sites (N-methyl/N-ethyl adjacent to an activating group) is 1. The highest BCUT2D eigenvalue weighted by Crippen LogP contribution is 2.08. The third-order valence-electron chi connectivity index (χ3n) is 2.31. The van der Waals surface area contributed by atoms with Crippen molar-refractivity contribution in [2.75, 3.05) is 26.2 Å². The van der Waals surface area contributed by atoms with Crippen molar-refractivity contribution >= 4 is 0 Å². The van der Waals surface area contributed by atoms with Gasteiger partial charge in [-0.15, -0.1) is 0 Å². The van der Waals surface area contributed by atoms with Crippen LogP contribution in [0.5, 0.6) is 0 Å². The van der Waals surface area contributed by atoms with E-state index in [-0.39, 0.29) is 0 Å². The summed E-state index contributed by atoms with van der Waals surface area (Å²) >= 11 is 0. The van der Waals surface area contributed by atoms with E-state index in [1.54, 1.807) is 0 Å². The van der Waals surface area contributed by atoms with E-state index in [1.807, 2.05) is 0 Å². The molecule has 0 aromatic heterocycles. The zero-order valence-electron chi connectivity index (χ0n) is 7.77. The third-order valence-corrected chi connectivity index (χ3v) is 2.31. The van der Waals surface area contributed by atoms with Crippen LogP contribution >= 0.6 is 0 Å². The molecular weight excluding hydrogens is 136 g/mol. The first-order valence-electron chi connectivity index (χ1n) is 4.82. The van der Waals surface area contributed by atoms with Gasteiger partial charge in [0.15, 0.2) is 0 Å². The van der Waals surface area contributed by atoms with Crippen LogP contribution in [0.1, 0.15) is 26.7 Å². The molecule has 0 aliphatic carbocycles. The maximum atomic E-state index is 3.49. The zero-order chi connectivity index (χ0) is 8.10. The second-order valence-corrected chi connectivity index (χ2v) is 3.34. The Kier molecular flexibility index (Phi) is 3.87. The van der Waals surface area contributed by atoms with E-state index in [4.69, 9.17) is 0 Å². The van der Waals surface area contributed by atoms with Crippen molar-refractivity contribution < 1.29 is 0 Å². The molecule has 1 saturated heterocycles. The first-order valence-corrected chi connectivity index (χ1v) is 4.82. The summed E-state index contributed by atoms with van der Waals surface area (Å²) in [6.07, 6.45) is 2.63. The molecule has 1 rings (SSSR count). The highest BCUT2D eigenvalue weighted by Gasteiger charge is 2.19. The predicted octanol–water partition coefficient (Wildman–Crippen LogP) is 1.08. The van der Waals surface area contributed by atoms with Crippen molar-refractivity contribution in [1.82, 2.24) is 10.2 Å². The topological polar surface area (TPSA) is 15.3 Å². The SMILES string of the molecule is CCCN1CCC(NCC)C1. The van der Waals surface area contributed by atoms with E-state index in [1.165, 1.54) is 32.5 Å². The Morgan fingerprint density at radius 1 is 1.45 bits per heavy atom. The summed E-state index contributed by atoms with van der Waals surface area (Å²) in [5.74, 6) is 0. The quantitative estimate of drug-likeness (QED) is 0.655. The molecule has 1 fully saturated rings. The Balaban J connectivity index is 2.12. The minimum atomic E-state index is 0.770. The van der Waals surface area contributed by atoms with Crippen LogP contribution < -0.4 is 5.32 Å². The molecule has 0 spiro atoms. The molecule has 2 nitrogen and oxygen atoms in total. The lowest BCUT2D eigenvalue weighted by atomic mass is 10.3. The van der Waals surface area contributed by atoms with Gasteiger partial charge in [0.05, 0.1) is 0 Å². The molecule has 0 amide bonds. The lowest BCUT2D eigenvalue weighted by molar-refractivity contribution is 0.329. The second kappa shape index (κ2) is 4.73. The molecule has 2 heteroatoms. The highest BCUT2D eigenvalue weighted by molar-refractivity contribution is 4.79. The summed E-state index contributed by atoms with van der Waals surface area (Å²) in [4.78, 5) is 2.55. The van der Waals surface area contributed by atoms with Crippen LogP contribution in [-0.2, 0) is 0 Å². The monoisotopic (exact) mass is 156 g/mol. The van der Waals surface area contributed by atoms with Gasteiger partial charge in [-0.3, -0.25) is 0 Å². The molecule has 1 aliphatic heterocycles. The average molecular weight is 156 g/mol. The Morgan fingerprint density at radius 3 is 2.91 bits per heavy atom. The van der Waals surface area contributed by atoms with Crippen molar-refractivity contribution in [2.24, 2.45) is 0 Å². The molecule has 66 valence electrons. The Labute approximate surface area is 70.0 Å². The minimum Gasteiger partial charge on any atom is -0.313 e. The van der Waals surface area contributed by atoms with Crippen LogP contribution in [-0.4, -0.2) is 37.1 Å². The molecule has 0 aromatic rings. The van der Waals surface area contributed by atoms with Gasteiger partial charge >= 0.3 is 0 Å². The van der Waals surface area contributed by atoms with E-state index in [0.29, 0.717) is 0 Å². The van der Waals surface area contributed by atoms with Gasteiger partial charge in [0.1, 0.15) is 0 Å². The van der Waals surface area contributed by atoms with Crippen molar-refractivity contribution in [2.45, 2.75) is 32.7 Å². The normalized spacial score (nSPS) is 26.2. The molecule has 1 aliphatic rings. The fraction of sp³-hybridized carbons (Fsp3) is 1.00. The van der Waals surface area contributed by atoms with Gasteiger partial charge in [-0.05, 0) is 32.5 Å². The summed E-state index contributed by atoms with van der Waals surface area (Å²) in [5.41, 5.74) is 0. The van der Waals surface area contributed by atoms with Gasteiger partial charge < -0.3 is 10.2 Å². The fourth-order valence-electron chi connectivity index (χ4n) is 1.81. The van der Waals surface area contributed by atoms with Gasteiger partial charge in [-0.25, -0.2) is 0 Å². The third kappa shape index (κ3) is 2.80. The number of likely N-dealkylation sites (tertiary alicyclic amines) is 1. The van der Waals surface area contributed by atoms with Gasteiger partial charge in [0, 0.05) is 12.6 Å². The van der Waals surface area contributed by atoms with Gasteiger partial charge in [-0.1, -0.05) is 13.8 Å². The van der Waals surface area contributed by atoms with E-state index >= 15 is 0 Å². The largest absolute Gasteiger partial charge is 0.313 e. The van der Waals surface area contributed by atoms with Gasteiger partial charge in [0.2, 0.25) is 0 Å². The minimum absolute atomic E-state index is 0.770. The van der Waals surface area contributed by atoms with Crippen LogP contribution in [0.25, 0.3) is 0 Å². The predicted molar refractivity (Wildman–Crippen MR) is 48.8 cm³/mol. The smallest absolute Gasteiger partial charge is 0.0207 e. The second-order valence-electron chi connectivity index (χ2n) is 3.34. The first kappa shape index (κ1) is 9.01. The summed E-state index contributed by atoms with van der Waals surface area (Å²) in [5, 5.41) is 3.49. The highest BCUT2D eigenvalue weighted by atomic mass is 15.2. The molecule has 0 bridgehead atoms. The lowest BCUT2D eigenvalue weighted by Gasteiger charge is -2.14. The van der Waals surface area contributed by atoms with Crippen LogP contribution in [0.3, 0.4) is 0 Å². The molecule has 1 N–H and O–H groups in total. The molecule has 0 saturated carbocycles. The van der Waals surface area contributed by atoms with Crippen LogP contribution in [0.2, 0.25) is 0 Å². The molecule has 1 atom stereocenters. The standard InChI is InChI=1S/C9H20N2/c1-3-6-11-7-5-9(8-11)10-4-2/h9-10H,3-8H2,1-2H3. The number of nitrogens with zero attached hydrogens (tertiary/aromatic N) is 1. The number of hydrogen-bond donors (Lipinski definition) is 1. The molecule has 0 radical (unpaired) electrons. The van der Waals surface area contributed by atoms with Crippen LogP contribution in [0.15, 0.2) is 0 Å². The Bertz CT molecular complexity index is 91.7. The number of rotatable bonds is 4. The lowest BCUT2D eigenvalue weighted by Crippen LogP contribution is -2.32. The van der Waals surface area contributed by atoms with E-state index < -0.39 is 0 Å². The molecular formula is C9H20N2. The van der Waals surface area contributed by atoms with E-state index in [2.05, 4.69) is 24.1 Å². The molecule has 0 aromatic carbocycles. The maximum absolute atomic E-state index is 3.49. The summed E-state index contributed by atoms with van der Waals surface area (Å²) in [7, 11) is 0. The van der Waals surface area contributed by atoms with E-state index in [9.17, 15) is 0 Å². The summed E-state index contributed by atoms with van der Waals surface area (Å²) in [6, 6.07) is 0.770. The Hall–Kier alpha value is -0.0800. The van der Waals surface area contributed by atoms with Gasteiger partial charge in [-0.2, -0.15) is 0 Å². The molecule has 11 heavy (non-hydrogen) atoms. The van der Waals surface area contributed by atoms with E-state index in [0.717, 1.165) is 12.6 Å². The maximum Gasteiger partial charge on any atom is 0.0207 e. The van der Waals surface area contributed by atoms with Crippen LogP contribution in [0.4, 0.5) is 0 Å². The van der Waals surface area contributed by atoms with Crippen molar-refractivity contribution in [1.29, 1.82) is 0 Å². The number of nitrogens with one attached hydrogen (secondary N) is 1. The molecule has 1 heterocycles. The average Bonchev–Trinajstić information content (AvgIpc) is 2.38. The molecule has 1 unspecified atom stereocenters. The first-order chi connectivity index (χ1) is 5.36. The van der Waals surface area contributed by atoms with Crippen LogP contribution in [0, 0.1) is 0 Å². The Morgan fingerprint density at radius 2 is 2.27 bits per heavy atom.